The predicted octanol–water partition coefficient (Wildman–Crippen LogP) is 1.01. The fourth-order valence-electron chi connectivity index (χ4n) is 2.57. The van der Waals surface area contributed by atoms with Crippen molar-refractivity contribution in [3.63, 3.8) is 0 Å². The minimum Gasteiger partial charge on any atom is -0.461 e. The molecule has 2 heterocycles. The van der Waals surface area contributed by atoms with Gasteiger partial charge >= 0.3 is 5.97 Å². The highest BCUT2D eigenvalue weighted by molar-refractivity contribution is 5.82. The quantitative estimate of drug-likeness (QED) is 0.504. The molecule has 82 valence electrons. The highest BCUT2D eigenvalue weighted by atomic mass is 16.7. The number of carbonyl (C=O) groups is 1. The summed E-state index contributed by atoms with van der Waals surface area (Å²) in [6, 6.07) is 0. The number of rotatable bonds is 2. The Balaban J connectivity index is 1.79. The Hall–Kier alpha value is -0.870. The van der Waals surface area contributed by atoms with Gasteiger partial charge in [-0.05, 0) is 0 Å². The van der Waals surface area contributed by atoms with E-state index in [1.165, 1.54) is 0 Å². The zero-order valence-corrected chi connectivity index (χ0v) is 8.48. The molecule has 0 saturated carbocycles. The summed E-state index contributed by atoms with van der Waals surface area (Å²) in [5.41, 5.74) is -0.474. The van der Waals surface area contributed by atoms with Crippen molar-refractivity contribution in [1.82, 2.24) is 0 Å². The van der Waals surface area contributed by atoms with Crippen molar-refractivity contribution < 1.29 is 19.0 Å². The van der Waals surface area contributed by atoms with Crippen molar-refractivity contribution in [3.05, 3.63) is 12.2 Å². The van der Waals surface area contributed by atoms with Gasteiger partial charge in [0, 0.05) is 19.3 Å². The Kier molecular flexibility index (Phi) is 2.07. The van der Waals surface area contributed by atoms with E-state index in [4.69, 9.17) is 14.2 Å². The monoisotopic (exact) mass is 210 g/mol. The van der Waals surface area contributed by atoms with Crippen molar-refractivity contribution >= 4 is 5.97 Å². The molecule has 2 atom stereocenters. The van der Waals surface area contributed by atoms with Crippen LogP contribution in [0.5, 0.6) is 0 Å². The number of carbonyl (C=O) groups excluding carboxylic acids is 1. The fraction of sp³-hybridized carbons (Fsp3) is 0.727. The van der Waals surface area contributed by atoms with Gasteiger partial charge in [-0.2, -0.15) is 0 Å². The average molecular weight is 210 g/mol. The van der Waals surface area contributed by atoms with Crippen molar-refractivity contribution in [2.75, 3.05) is 13.2 Å². The third kappa shape index (κ3) is 1.48. The molecule has 0 aromatic heterocycles. The van der Waals surface area contributed by atoms with E-state index in [1.54, 1.807) is 0 Å². The first kappa shape index (κ1) is 9.36. The van der Waals surface area contributed by atoms with Crippen LogP contribution in [0.15, 0.2) is 12.2 Å². The number of fused-ring (bicyclic) bond motifs is 2. The van der Waals surface area contributed by atoms with Crippen LogP contribution in [0, 0.1) is 5.41 Å². The van der Waals surface area contributed by atoms with Crippen LogP contribution in [-0.4, -0.2) is 31.6 Å². The van der Waals surface area contributed by atoms with Gasteiger partial charge in [0.05, 0.1) is 18.6 Å². The Labute approximate surface area is 88.2 Å². The minimum absolute atomic E-state index is 0.0731. The molecule has 2 unspecified atom stereocenters. The molecule has 0 amide bonds. The predicted molar refractivity (Wildman–Crippen MR) is 51.0 cm³/mol. The fourth-order valence-corrected chi connectivity index (χ4v) is 2.57. The van der Waals surface area contributed by atoms with Crippen molar-refractivity contribution in [1.29, 1.82) is 0 Å². The van der Waals surface area contributed by atoms with Gasteiger partial charge in [0.1, 0.15) is 6.10 Å². The summed E-state index contributed by atoms with van der Waals surface area (Å²) in [5, 5.41) is 0. The van der Waals surface area contributed by atoms with Crippen molar-refractivity contribution in [2.24, 2.45) is 5.41 Å². The van der Waals surface area contributed by atoms with Gasteiger partial charge in [0.25, 0.3) is 0 Å². The van der Waals surface area contributed by atoms with E-state index in [9.17, 15) is 4.79 Å². The van der Waals surface area contributed by atoms with E-state index in [0.717, 1.165) is 12.8 Å². The molecule has 0 aromatic rings. The van der Waals surface area contributed by atoms with Crippen LogP contribution < -0.4 is 0 Å². The van der Waals surface area contributed by atoms with E-state index < -0.39 is 5.41 Å². The van der Waals surface area contributed by atoms with Gasteiger partial charge in [-0.3, -0.25) is 4.79 Å². The summed E-state index contributed by atoms with van der Waals surface area (Å²) in [4.78, 5) is 11.8. The summed E-state index contributed by atoms with van der Waals surface area (Å²) < 4.78 is 16.1. The molecule has 0 N–H and O–H groups in total. The molecule has 3 rings (SSSR count). The second kappa shape index (κ2) is 3.32. The molecule has 2 bridgehead atoms. The van der Waals surface area contributed by atoms with Gasteiger partial charge in [0.2, 0.25) is 0 Å². The SMILES string of the molecule is O=C1OC2CC=CC1(CC1OCCO1)C2. The van der Waals surface area contributed by atoms with Gasteiger partial charge in [-0.25, -0.2) is 0 Å². The lowest BCUT2D eigenvalue weighted by atomic mass is 9.77. The zero-order valence-electron chi connectivity index (χ0n) is 8.48. The number of hydrogen-bond donors (Lipinski definition) is 0. The molecule has 15 heavy (non-hydrogen) atoms. The Morgan fingerprint density at radius 1 is 1.40 bits per heavy atom. The molecular formula is C11H14O4. The smallest absolute Gasteiger partial charge is 0.316 e. The van der Waals surface area contributed by atoms with Gasteiger partial charge in [0.15, 0.2) is 6.29 Å². The highest BCUT2D eigenvalue weighted by Gasteiger charge is 2.50. The number of esters is 1. The lowest BCUT2D eigenvalue weighted by Gasteiger charge is -2.25. The van der Waals surface area contributed by atoms with Crippen LogP contribution in [-0.2, 0) is 19.0 Å². The Bertz CT molecular complexity index is 306. The second-order valence-electron chi connectivity index (χ2n) is 4.40. The molecule has 1 aliphatic carbocycles. The first-order chi connectivity index (χ1) is 7.28. The summed E-state index contributed by atoms with van der Waals surface area (Å²) in [6.45, 7) is 1.26. The van der Waals surface area contributed by atoms with Crippen LogP contribution >= 0.6 is 0 Å². The molecule has 3 aliphatic rings. The summed E-state index contributed by atoms with van der Waals surface area (Å²) in [7, 11) is 0. The molecular weight excluding hydrogens is 196 g/mol. The van der Waals surface area contributed by atoms with Crippen LogP contribution in [0.25, 0.3) is 0 Å². The molecule has 2 fully saturated rings. The largest absolute Gasteiger partial charge is 0.461 e. The zero-order chi connectivity index (χ0) is 10.3. The van der Waals surface area contributed by atoms with Gasteiger partial charge in [-0.15, -0.1) is 0 Å². The molecule has 2 aliphatic heterocycles. The van der Waals surface area contributed by atoms with Gasteiger partial charge < -0.3 is 14.2 Å². The second-order valence-corrected chi connectivity index (χ2v) is 4.40. The highest BCUT2D eigenvalue weighted by Crippen LogP contribution is 2.44. The first-order valence-electron chi connectivity index (χ1n) is 5.40. The van der Waals surface area contributed by atoms with E-state index in [0.29, 0.717) is 19.6 Å². The molecule has 0 radical (unpaired) electrons. The van der Waals surface area contributed by atoms with Crippen LogP contribution in [0.2, 0.25) is 0 Å². The summed E-state index contributed by atoms with van der Waals surface area (Å²) in [5.74, 6) is -0.111. The minimum atomic E-state index is -0.474. The normalized spacial score (nSPS) is 39.7. The van der Waals surface area contributed by atoms with E-state index in [1.807, 2.05) is 12.2 Å². The topological polar surface area (TPSA) is 44.8 Å². The van der Waals surface area contributed by atoms with Crippen LogP contribution in [0.1, 0.15) is 19.3 Å². The lowest BCUT2D eigenvalue weighted by molar-refractivity contribution is -0.150. The first-order valence-corrected chi connectivity index (χ1v) is 5.40. The lowest BCUT2D eigenvalue weighted by Crippen LogP contribution is -2.30. The average Bonchev–Trinajstić information content (AvgIpc) is 2.76. The van der Waals surface area contributed by atoms with Gasteiger partial charge in [-0.1, -0.05) is 12.2 Å². The number of ether oxygens (including phenoxy) is 3. The molecule has 4 heteroatoms. The molecule has 4 nitrogen and oxygen atoms in total. The third-order valence-corrected chi connectivity index (χ3v) is 3.33. The Morgan fingerprint density at radius 2 is 2.20 bits per heavy atom. The van der Waals surface area contributed by atoms with E-state index in [2.05, 4.69) is 0 Å². The van der Waals surface area contributed by atoms with Crippen molar-refractivity contribution in [2.45, 2.75) is 31.7 Å². The maximum atomic E-state index is 11.8. The third-order valence-electron chi connectivity index (χ3n) is 3.33. The molecule has 0 spiro atoms. The molecule has 2 saturated heterocycles. The summed E-state index contributed by atoms with van der Waals surface area (Å²) in [6.07, 6.45) is 6.07. The van der Waals surface area contributed by atoms with Crippen molar-refractivity contribution in [3.8, 4) is 0 Å². The maximum Gasteiger partial charge on any atom is 0.316 e. The van der Waals surface area contributed by atoms with Crippen LogP contribution in [0.3, 0.4) is 0 Å². The molecule has 0 aromatic carbocycles. The van der Waals surface area contributed by atoms with Crippen LogP contribution in [0.4, 0.5) is 0 Å². The number of hydrogen-bond acceptors (Lipinski definition) is 4. The maximum absolute atomic E-state index is 11.8. The standard InChI is InChI=1S/C11H14O4/c12-10-11(7-9-13-4-5-14-9)3-1-2-8(6-11)15-10/h1,3,8-9H,2,4-7H2. The Morgan fingerprint density at radius 3 is 3.00 bits per heavy atom. The summed E-state index contributed by atoms with van der Waals surface area (Å²) >= 11 is 0. The van der Waals surface area contributed by atoms with E-state index in [-0.39, 0.29) is 18.4 Å². The van der Waals surface area contributed by atoms with E-state index >= 15 is 0 Å².